The maximum Gasteiger partial charge on any atom is 0.245 e. The van der Waals surface area contributed by atoms with E-state index >= 15 is 0 Å². The average Bonchev–Trinajstić information content (AvgIpc) is 2.59. The molecule has 0 atom stereocenters. The Morgan fingerprint density at radius 3 is 1.92 bits per heavy atom. The Hall–Kier alpha value is -3.36. The van der Waals surface area contributed by atoms with E-state index in [1.54, 1.807) is 24.3 Å². The van der Waals surface area contributed by atoms with E-state index in [-0.39, 0.29) is 5.69 Å². The molecule has 0 heterocycles. The number of anilines is 2. The van der Waals surface area contributed by atoms with Crippen LogP contribution in [0.25, 0.3) is 0 Å². The zero-order valence-corrected chi connectivity index (χ0v) is 14.1. The monoisotopic (exact) mass is 354 g/mol. The first-order chi connectivity index (χ1) is 11.8. The Morgan fingerprint density at radius 2 is 1.48 bits per heavy atom. The van der Waals surface area contributed by atoms with Gasteiger partial charge in [0.15, 0.2) is 0 Å². The summed E-state index contributed by atoms with van der Waals surface area (Å²) in [6.07, 6.45) is 1.00. The van der Waals surface area contributed by atoms with Gasteiger partial charge < -0.3 is 5.32 Å². The van der Waals surface area contributed by atoms with E-state index in [0.717, 1.165) is 10.6 Å². The quantitative estimate of drug-likeness (QED) is 0.880. The lowest BCUT2D eigenvalue weighted by molar-refractivity contribution is -0.114. The molecule has 1 N–H and O–H groups in total. The highest BCUT2D eigenvalue weighted by atomic mass is 32.2. The topological polar surface area (TPSA) is 114 Å². The van der Waals surface area contributed by atoms with Crippen molar-refractivity contribution in [3.63, 3.8) is 0 Å². The van der Waals surface area contributed by atoms with Crippen LogP contribution in [0.3, 0.4) is 0 Å². The van der Waals surface area contributed by atoms with Crippen molar-refractivity contribution < 1.29 is 13.2 Å². The number of benzene rings is 2. The predicted octanol–water partition coefficient (Wildman–Crippen LogP) is 1.83. The molecule has 2 aromatic carbocycles. The first-order valence-electron chi connectivity index (χ1n) is 7.11. The van der Waals surface area contributed by atoms with Crippen molar-refractivity contribution in [1.29, 1.82) is 10.5 Å². The Morgan fingerprint density at radius 1 is 1.00 bits per heavy atom. The summed E-state index contributed by atoms with van der Waals surface area (Å²) in [4.78, 5) is 12.2. The molecule has 8 heteroatoms. The summed E-state index contributed by atoms with van der Waals surface area (Å²) in [5.41, 5.74) is 1.58. The van der Waals surface area contributed by atoms with E-state index in [2.05, 4.69) is 5.32 Å². The summed E-state index contributed by atoms with van der Waals surface area (Å²) >= 11 is 0. The highest BCUT2D eigenvalue weighted by molar-refractivity contribution is 7.92. The molecule has 0 bridgehead atoms. The standard InChI is InChI=1S/C17H14N4O3S/c1-25(23,24)21(16-8-4-14(11-19)5-9-16)12-17(22)20-15-6-2-13(10-18)3-7-15/h2-9H,12H2,1H3,(H,20,22). The average molecular weight is 354 g/mol. The minimum atomic E-state index is -3.69. The van der Waals surface area contributed by atoms with E-state index in [1.165, 1.54) is 24.3 Å². The van der Waals surface area contributed by atoms with E-state index in [0.29, 0.717) is 16.8 Å². The summed E-state index contributed by atoms with van der Waals surface area (Å²) in [6.45, 7) is -0.412. The van der Waals surface area contributed by atoms with Crippen LogP contribution in [0.2, 0.25) is 0 Å². The van der Waals surface area contributed by atoms with Gasteiger partial charge in [0, 0.05) is 5.69 Å². The van der Waals surface area contributed by atoms with Crippen molar-refractivity contribution in [3.05, 3.63) is 59.7 Å². The van der Waals surface area contributed by atoms with Gasteiger partial charge in [0.2, 0.25) is 15.9 Å². The van der Waals surface area contributed by atoms with Crippen LogP contribution >= 0.6 is 0 Å². The fourth-order valence-corrected chi connectivity index (χ4v) is 2.92. The molecule has 1 amide bonds. The Kier molecular flexibility index (Phi) is 5.38. The summed E-state index contributed by atoms with van der Waals surface area (Å²) < 4.78 is 25.0. The molecule has 0 saturated carbocycles. The maximum absolute atomic E-state index is 12.2. The van der Waals surface area contributed by atoms with Crippen molar-refractivity contribution in [3.8, 4) is 12.1 Å². The highest BCUT2D eigenvalue weighted by Gasteiger charge is 2.20. The van der Waals surface area contributed by atoms with Gasteiger partial charge in [-0.1, -0.05) is 0 Å². The lowest BCUT2D eigenvalue weighted by atomic mass is 10.2. The van der Waals surface area contributed by atoms with Crippen LogP contribution in [0.5, 0.6) is 0 Å². The molecule has 0 radical (unpaired) electrons. The maximum atomic E-state index is 12.2. The van der Waals surface area contributed by atoms with Crippen LogP contribution in [0, 0.1) is 22.7 Å². The zero-order valence-electron chi connectivity index (χ0n) is 13.3. The fraction of sp³-hybridized carbons (Fsp3) is 0.118. The molecular formula is C17H14N4O3S. The number of nitriles is 2. The number of hydrogen-bond donors (Lipinski definition) is 1. The van der Waals surface area contributed by atoms with Crippen molar-refractivity contribution in [2.75, 3.05) is 22.4 Å². The minimum Gasteiger partial charge on any atom is -0.325 e. The van der Waals surface area contributed by atoms with Gasteiger partial charge in [-0.2, -0.15) is 10.5 Å². The number of nitrogens with one attached hydrogen (secondary N) is 1. The van der Waals surface area contributed by atoms with Gasteiger partial charge >= 0.3 is 0 Å². The van der Waals surface area contributed by atoms with Gasteiger partial charge in [-0.3, -0.25) is 9.10 Å². The third-order valence-electron chi connectivity index (χ3n) is 3.27. The van der Waals surface area contributed by atoms with Crippen molar-refractivity contribution in [2.45, 2.75) is 0 Å². The van der Waals surface area contributed by atoms with Crippen molar-refractivity contribution in [1.82, 2.24) is 0 Å². The van der Waals surface area contributed by atoms with E-state index in [4.69, 9.17) is 10.5 Å². The number of sulfonamides is 1. The van der Waals surface area contributed by atoms with Crippen molar-refractivity contribution >= 4 is 27.3 Å². The molecule has 25 heavy (non-hydrogen) atoms. The van der Waals surface area contributed by atoms with Gasteiger partial charge in [-0.05, 0) is 48.5 Å². The van der Waals surface area contributed by atoms with Crippen LogP contribution < -0.4 is 9.62 Å². The minimum absolute atomic E-state index is 0.288. The van der Waals surface area contributed by atoms with Gasteiger partial charge in [-0.25, -0.2) is 8.42 Å². The molecule has 0 spiro atoms. The fourth-order valence-electron chi connectivity index (χ4n) is 2.06. The second-order valence-electron chi connectivity index (χ2n) is 5.17. The van der Waals surface area contributed by atoms with Crippen LogP contribution in [0.4, 0.5) is 11.4 Å². The molecule has 0 aliphatic heterocycles. The number of rotatable bonds is 5. The van der Waals surface area contributed by atoms with Gasteiger partial charge in [0.05, 0.1) is 35.2 Å². The summed E-state index contributed by atoms with van der Waals surface area (Å²) in [5, 5.41) is 20.1. The second kappa shape index (κ2) is 7.47. The molecule has 126 valence electrons. The Bertz CT molecular complexity index is 953. The number of nitrogens with zero attached hydrogens (tertiary/aromatic N) is 3. The molecule has 0 aromatic heterocycles. The van der Waals surface area contributed by atoms with Crippen LogP contribution in [0.15, 0.2) is 48.5 Å². The lowest BCUT2D eigenvalue weighted by Gasteiger charge is -2.21. The van der Waals surface area contributed by atoms with Gasteiger partial charge in [0.25, 0.3) is 0 Å². The first-order valence-corrected chi connectivity index (χ1v) is 8.96. The molecule has 0 unspecified atom stereocenters. The Balaban J connectivity index is 2.17. The Labute approximate surface area is 145 Å². The lowest BCUT2D eigenvalue weighted by Crippen LogP contribution is -2.37. The van der Waals surface area contributed by atoms with Crippen LogP contribution in [-0.2, 0) is 14.8 Å². The molecule has 0 aliphatic carbocycles. The number of hydrogen-bond acceptors (Lipinski definition) is 5. The predicted molar refractivity (Wildman–Crippen MR) is 93.1 cm³/mol. The molecule has 0 fully saturated rings. The second-order valence-corrected chi connectivity index (χ2v) is 7.07. The zero-order chi connectivity index (χ0) is 18.4. The van der Waals surface area contributed by atoms with Crippen LogP contribution in [-0.4, -0.2) is 27.1 Å². The van der Waals surface area contributed by atoms with Gasteiger partial charge in [0.1, 0.15) is 6.54 Å². The van der Waals surface area contributed by atoms with E-state index < -0.39 is 22.5 Å². The number of carbonyl (C=O) groups is 1. The number of carbonyl (C=O) groups excluding carboxylic acids is 1. The third-order valence-corrected chi connectivity index (χ3v) is 4.41. The molecule has 2 rings (SSSR count). The summed E-state index contributed by atoms with van der Waals surface area (Å²) in [6, 6.07) is 16.0. The normalized spacial score (nSPS) is 10.4. The van der Waals surface area contributed by atoms with E-state index in [9.17, 15) is 13.2 Å². The number of amides is 1. The van der Waals surface area contributed by atoms with E-state index in [1.807, 2.05) is 12.1 Å². The molecule has 0 aliphatic rings. The van der Waals surface area contributed by atoms with Gasteiger partial charge in [-0.15, -0.1) is 0 Å². The summed E-state index contributed by atoms with van der Waals surface area (Å²) in [7, 11) is -3.69. The highest BCUT2D eigenvalue weighted by Crippen LogP contribution is 2.18. The summed E-state index contributed by atoms with van der Waals surface area (Å²) in [5.74, 6) is -0.528. The molecular weight excluding hydrogens is 340 g/mol. The molecule has 2 aromatic rings. The smallest absolute Gasteiger partial charge is 0.245 e. The third kappa shape index (κ3) is 4.80. The first kappa shape index (κ1) is 18.0. The molecule has 7 nitrogen and oxygen atoms in total. The molecule has 0 saturated heterocycles. The SMILES string of the molecule is CS(=O)(=O)N(CC(=O)Nc1ccc(C#N)cc1)c1ccc(C#N)cc1. The van der Waals surface area contributed by atoms with Crippen molar-refractivity contribution in [2.24, 2.45) is 0 Å². The largest absolute Gasteiger partial charge is 0.325 e. The van der Waals surface area contributed by atoms with Crippen LogP contribution in [0.1, 0.15) is 11.1 Å².